The number of aromatic amines is 1. The summed E-state index contributed by atoms with van der Waals surface area (Å²) in [5.41, 5.74) is 4.41. The number of fused-ring (bicyclic) bond motifs is 1. The summed E-state index contributed by atoms with van der Waals surface area (Å²) in [7, 11) is 0. The van der Waals surface area contributed by atoms with E-state index in [1.54, 1.807) is 6.20 Å². The summed E-state index contributed by atoms with van der Waals surface area (Å²) in [4.78, 5) is 16.6. The van der Waals surface area contributed by atoms with Crippen molar-refractivity contribution >= 4 is 16.9 Å². The van der Waals surface area contributed by atoms with Gasteiger partial charge in [-0.15, -0.1) is 0 Å². The van der Waals surface area contributed by atoms with Gasteiger partial charge >= 0.3 is 0 Å². The largest absolute Gasteiger partial charge is 0.361 e. The quantitative estimate of drug-likeness (QED) is 0.300. The first-order valence-corrected chi connectivity index (χ1v) is 10.6. The molecule has 0 fully saturated rings. The zero-order valence-corrected chi connectivity index (χ0v) is 17.9. The molecule has 3 N–H and O–H groups in total. The van der Waals surface area contributed by atoms with Crippen molar-refractivity contribution in [1.29, 1.82) is 0 Å². The van der Waals surface area contributed by atoms with Crippen molar-refractivity contribution in [3.8, 4) is 11.6 Å². The number of benzene rings is 1. The Morgan fingerprint density at radius 1 is 1.16 bits per heavy atom. The first kappa shape index (κ1) is 20.6. The van der Waals surface area contributed by atoms with Gasteiger partial charge in [-0.1, -0.05) is 23.4 Å². The first-order chi connectivity index (χ1) is 15.2. The van der Waals surface area contributed by atoms with Gasteiger partial charge in [0.1, 0.15) is 5.69 Å². The number of nitrogens with one attached hydrogen (secondary N) is 3. The molecule has 0 spiro atoms. The van der Waals surface area contributed by atoms with Gasteiger partial charge in [-0.2, -0.15) is 4.98 Å². The highest BCUT2D eigenvalue weighted by Gasteiger charge is 2.09. The average molecular weight is 418 g/mol. The van der Waals surface area contributed by atoms with E-state index in [9.17, 15) is 0 Å². The van der Waals surface area contributed by atoms with Crippen LogP contribution < -0.4 is 10.6 Å². The lowest BCUT2D eigenvalue weighted by atomic mass is 10.1. The monoisotopic (exact) mass is 417 g/mol. The van der Waals surface area contributed by atoms with Gasteiger partial charge < -0.3 is 20.1 Å². The van der Waals surface area contributed by atoms with E-state index in [0.29, 0.717) is 30.4 Å². The third-order valence-electron chi connectivity index (χ3n) is 4.91. The van der Waals surface area contributed by atoms with Crippen LogP contribution in [-0.2, 0) is 12.8 Å². The van der Waals surface area contributed by atoms with Crippen molar-refractivity contribution in [3.63, 3.8) is 0 Å². The lowest BCUT2D eigenvalue weighted by molar-refractivity contribution is 0.421. The van der Waals surface area contributed by atoms with E-state index in [1.807, 2.05) is 18.2 Å². The van der Waals surface area contributed by atoms with Crippen LogP contribution in [0.3, 0.4) is 0 Å². The molecule has 1 aromatic carbocycles. The molecular formula is C23H27N7O. The van der Waals surface area contributed by atoms with Crippen molar-refractivity contribution in [2.75, 3.05) is 19.6 Å². The van der Waals surface area contributed by atoms with Crippen LogP contribution in [0.15, 0.2) is 58.3 Å². The fourth-order valence-electron chi connectivity index (χ4n) is 3.38. The van der Waals surface area contributed by atoms with Gasteiger partial charge in [0.05, 0.1) is 0 Å². The van der Waals surface area contributed by atoms with E-state index >= 15 is 0 Å². The van der Waals surface area contributed by atoms with E-state index in [1.165, 1.54) is 22.0 Å². The number of aryl methyl sites for hydroxylation is 1. The summed E-state index contributed by atoms with van der Waals surface area (Å²) in [5.74, 6) is 1.83. The molecule has 0 amide bonds. The highest BCUT2D eigenvalue weighted by atomic mass is 16.5. The Labute approximate surface area is 181 Å². The Hall–Kier alpha value is -3.68. The number of hydrogen-bond acceptors (Lipinski definition) is 5. The number of aliphatic imine (C=N–C) groups is 1. The second-order valence-corrected chi connectivity index (χ2v) is 7.28. The molecule has 160 valence electrons. The van der Waals surface area contributed by atoms with Crippen molar-refractivity contribution in [2.45, 2.75) is 26.7 Å². The van der Waals surface area contributed by atoms with Gasteiger partial charge in [-0.3, -0.25) is 9.98 Å². The third kappa shape index (κ3) is 5.28. The maximum atomic E-state index is 5.30. The Morgan fingerprint density at radius 2 is 2.10 bits per heavy atom. The highest BCUT2D eigenvalue weighted by Crippen LogP contribution is 2.19. The molecule has 0 atom stereocenters. The standard InChI is InChI=1S/C23H27N7O/c1-3-24-23(26-12-9-17-15-28-20-14-16(2)7-8-18(17)20)27-13-10-21-29-22(31-30-21)19-6-4-5-11-25-19/h4-8,11,14-15,28H,3,9-10,12-13H2,1-2H3,(H2,24,26,27). The number of guanidine groups is 1. The van der Waals surface area contributed by atoms with Gasteiger partial charge in [0.15, 0.2) is 11.8 Å². The molecule has 4 aromatic rings. The number of rotatable bonds is 8. The summed E-state index contributed by atoms with van der Waals surface area (Å²) in [6.45, 7) is 6.30. The lowest BCUT2D eigenvalue weighted by Gasteiger charge is -2.10. The second-order valence-electron chi connectivity index (χ2n) is 7.28. The molecule has 0 radical (unpaired) electrons. The van der Waals surface area contributed by atoms with Crippen LogP contribution in [0, 0.1) is 6.92 Å². The van der Waals surface area contributed by atoms with Crippen LogP contribution in [-0.4, -0.2) is 45.7 Å². The molecule has 0 unspecified atom stereocenters. The number of pyridine rings is 1. The summed E-state index contributed by atoms with van der Waals surface area (Å²) < 4.78 is 5.30. The van der Waals surface area contributed by atoms with Crippen molar-refractivity contribution in [3.05, 3.63) is 65.7 Å². The average Bonchev–Trinajstić information content (AvgIpc) is 3.41. The van der Waals surface area contributed by atoms with E-state index in [4.69, 9.17) is 4.52 Å². The predicted molar refractivity (Wildman–Crippen MR) is 122 cm³/mol. The molecule has 0 bridgehead atoms. The molecule has 4 rings (SSSR count). The van der Waals surface area contributed by atoms with Crippen LogP contribution in [0.2, 0.25) is 0 Å². The predicted octanol–water partition coefficient (Wildman–Crippen LogP) is 3.26. The molecule has 0 saturated carbocycles. The van der Waals surface area contributed by atoms with Crippen LogP contribution in [0.5, 0.6) is 0 Å². The third-order valence-corrected chi connectivity index (χ3v) is 4.91. The number of H-pyrrole nitrogens is 1. The van der Waals surface area contributed by atoms with Crippen LogP contribution in [0.4, 0.5) is 0 Å². The number of hydrogen-bond donors (Lipinski definition) is 3. The Balaban J connectivity index is 1.30. The molecule has 8 heteroatoms. The fraction of sp³-hybridized carbons (Fsp3) is 0.304. The van der Waals surface area contributed by atoms with Crippen LogP contribution in [0.25, 0.3) is 22.5 Å². The minimum atomic E-state index is 0.429. The first-order valence-electron chi connectivity index (χ1n) is 10.6. The van der Waals surface area contributed by atoms with Gasteiger partial charge in [-0.05, 0) is 49.6 Å². The van der Waals surface area contributed by atoms with Crippen LogP contribution in [0.1, 0.15) is 23.9 Å². The minimum Gasteiger partial charge on any atom is -0.361 e. The van der Waals surface area contributed by atoms with E-state index in [2.05, 4.69) is 74.0 Å². The molecule has 3 heterocycles. The zero-order chi connectivity index (χ0) is 21.5. The lowest BCUT2D eigenvalue weighted by Crippen LogP contribution is -2.38. The summed E-state index contributed by atoms with van der Waals surface area (Å²) in [5, 5.41) is 12.0. The summed E-state index contributed by atoms with van der Waals surface area (Å²) in [6.07, 6.45) is 5.29. The topological polar surface area (TPSA) is 104 Å². The molecule has 0 aliphatic rings. The van der Waals surface area contributed by atoms with Crippen molar-refractivity contribution in [1.82, 2.24) is 30.7 Å². The van der Waals surface area contributed by atoms with Crippen LogP contribution >= 0.6 is 0 Å². The van der Waals surface area contributed by atoms with E-state index in [-0.39, 0.29) is 0 Å². The van der Waals surface area contributed by atoms with Gasteiger partial charge in [0.25, 0.3) is 5.89 Å². The molecule has 0 saturated heterocycles. The SMILES string of the molecule is CCNC(=NCCc1noc(-c2ccccn2)n1)NCCc1c[nH]c2cc(C)ccc12. The smallest absolute Gasteiger partial charge is 0.276 e. The maximum Gasteiger partial charge on any atom is 0.276 e. The van der Waals surface area contributed by atoms with E-state index in [0.717, 1.165) is 25.5 Å². The van der Waals surface area contributed by atoms with Crippen molar-refractivity contribution in [2.24, 2.45) is 4.99 Å². The van der Waals surface area contributed by atoms with Gasteiger partial charge in [0.2, 0.25) is 0 Å². The molecule has 0 aliphatic heterocycles. The van der Waals surface area contributed by atoms with Gasteiger partial charge in [0, 0.05) is 49.4 Å². The molecule has 8 nitrogen and oxygen atoms in total. The Morgan fingerprint density at radius 3 is 2.94 bits per heavy atom. The normalized spacial score (nSPS) is 11.7. The molecular weight excluding hydrogens is 390 g/mol. The van der Waals surface area contributed by atoms with Crippen molar-refractivity contribution < 1.29 is 4.52 Å². The summed E-state index contributed by atoms with van der Waals surface area (Å²) >= 11 is 0. The number of aromatic nitrogens is 4. The Kier molecular flexibility index (Phi) is 6.56. The van der Waals surface area contributed by atoms with E-state index < -0.39 is 0 Å². The Bertz CT molecular complexity index is 1150. The second kappa shape index (κ2) is 9.88. The molecule has 0 aliphatic carbocycles. The highest BCUT2D eigenvalue weighted by molar-refractivity contribution is 5.84. The molecule has 3 aromatic heterocycles. The fourth-order valence-corrected chi connectivity index (χ4v) is 3.38. The summed E-state index contributed by atoms with van der Waals surface area (Å²) in [6, 6.07) is 12.1. The maximum absolute atomic E-state index is 5.30. The molecule has 31 heavy (non-hydrogen) atoms. The zero-order valence-electron chi connectivity index (χ0n) is 17.9. The number of nitrogens with zero attached hydrogens (tertiary/aromatic N) is 4. The minimum absolute atomic E-state index is 0.429. The van der Waals surface area contributed by atoms with Gasteiger partial charge in [-0.25, -0.2) is 0 Å².